The molecule has 0 radical (unpaired) electrons. The van der Waals surface area contributed by atoms with Crippen molar-refractivity contribution in [1.29, 1.82) is 0 Å². The van der Waals surface area contributed by atoms with E-state index in [-0.39, 0.29) is 30.8 Å². The van der Waals surface area contributed by atoms with Gasteiger partial charge >= 0.3 is 0 Å². The summed E-state index contributed by atoms with van der Waals surface area (Å²) >= 11 is 0. The molecule has 2 aromatic carbocycles. The quantitative estimate of drug-likeness (QED) is 0.653. The van der Waals surface area contributed by atoms with E-state index in [1.54, 1.807) is 0 Å². The van der Waals surface area contributed by atoms with Crippen molar-refractivity contribution >= 4 is 24.0 Å². The Morgan fingerprint density at radius 3 is 2.64 bits per heavy atom. The first-order valence-electron chi connectivity index (χ1n) is 7.71. The van der Waals surface area contributed by atoms with Crippen LogP contribution in [0, 0.1) is 6.92 Å². The third-order valence-corrected chi connectivity index (χ3v) is 3.63. The van der Waals surface area contributed by atoms with Gasteiger partial charge in [-0.2, -0.15) is 5.10 Å². The average molecular weight is 358 g/mol. The van der Waals surface area contributed by atoms with Gasteiger partial charge in [-0.05, 0) is 24.6 Å². The van der Waals surface area contributed by atoms with Crippen molar-refractivity contribution < 1.29 is 4.79 Å². The van der Waals surface area contributed by atoms with E-state index in [0.29, 0.717) is 11.5 Å². The molecular formula is C18H20ClN5O. The maximum absolute atomic E-state index is 12.2. The van der Waals surface area contributed by atoms with Crippen molar-refractivity contribution in [1.82, 2.24) is 15.2 Å². The van der Waals surface area contributed by atoms with Crippen molar-refractivity contribution in [2.45, 2.75) is 19.4 Å². The number of rotatable bonds is 5. The predicted molar refractivity (Wildman–Crippen MR) is 100 cm³/mol. The fraction of sp³-hybridized carbons (Fsp3) is 0.167. The number of aromatic amines is 1. The molecule has 7 heteroatoms. The second kappa shape index (κ2) is 8.41. The lowest BCUT2D eigenvalue weighted by Crippen LogP contribution is -2.20. The smallest absolute Gasteiger partial charge is 0.226 e. The number of benzene rings is 2. The van der Waals surface area contributed by atoms with Gasteiger partial charge in [-0.1, -0.05) is 42.5 Å². The molecule has 0 aliphatic rings. The SMILES string of the molecule is Cc1nc(-c2cccc(NC(=O)CC(N)c3ccccc3)c2)n[nH]1.Cl. The van der Waals surface area contributed by atoms with Crippen LogP contribution in [0.1, 0.15) is 23.9 Å². The molecule has 1 heterocycles. The van der Waals surface area contributed by atoms with E-state index in [2.05, 4.69) is 20.5 Å². The Morgan fingerprint density at radius 1 is 1.20 bits per heavy atom. The van der Waals surface area contributed by atoms with Crippen LogP contribution in [0.2, 0.25) is 0 Å². The van der Waals surface area contributed by atoms with Crippen LogP contribution in [0.25, 0.3) is 11.4 Å². The molecule has 1 aromatic heterocycles. The average Bonchev–Trinajstić information content (AvgIpc) is 3.02. The van der Waals surface area contributed by atoms with Crippen LogP contribution in [-0.2, 0) is 4.79 Å². The van der Waals surface area contributed by atoms with E-state index in [1.165, 1.54) is 0 Å². The number of amides is 1. The number of aromatic nitrogens is 3. The van der Waals surface area contributed by atoms with Gasteiger partial charge in [0.25, 0.3) is 0 Å². The molecule has 3 aromatic rings. The van der Waals surface area contributed by atoms with Gasteiger partial charge in [0.2, 0.25) is 5.91 Å². The molecule has 1 unspecified atom stereocenters. The fourth-order valence-corrected chi connectivity index (χ4v) is 2.44. The van der Waals surface area contributed by atoms with E-state index >= 15 is 0 Å². The molecule has 3 rings (SSSR count). The number of carbonyl (C=O) groups excluding carboxylic acids is 1. The Balaban J connectivity index is 0.00000225. The minimum atomic E-state index is -0.329. The highest BCUT2D eigenvalue weighted by atomic mass is 35.5. The first-order chi connectivity index (χ1) is 11.6. The number of H-pyrrole nitrogens is 1. The van der Waals surface area contributed by atoms with Gasteiger partial charge < -0.3 is 11.1 Å². The summed E-state index contributed by atoms with van der Waals surface area (Å²) in [6.45, 7) is 1.84. The van der Waals surface area contributed by atoms with E-state index < -0.39 is 0 Å². The van der Waals surface area contributed by atoms with Gasteiger partial charge in [-0.3, -0.25) is 9.89 Å². The van der Waals surface area contributed by atoms with Gasteiger partial charge in [0.1, 0.15) is 5.82 Å². The summed E-state index contributed by atoms with van der Waals surface area (Å²) in [6, 6.07) is 16.7. The number of anilines is 1. The molecule has 0 aliphatic heterocycles. The van der Waals surface area contributed by atoms with Crippen LogP contribution >= 0.6 is 12.4 Å². The Labute approximate surface area is 152 Å². The minimum absolute atomic E-state index is 0. The van der Waals surface area contributed by atoms with Crippen molar-refractivity contribution in [3.63, 3.8) is 0 Å². The summed E-state index contributed by atoms with van der Waals surface area (Å²) in [5.74, 6) is 1.22. The second-order valence-corrected chi connectivity index (χ2v) is 5.59. The van der Waals surface area contributed by atoms with Gasteiger partial charge in [-0.25, -0.2) is 4.98 Å². The minimum Gasteiger partial charge on any atom is -0.326 e. The van der Waals surface area contributed by atoms with Crippen molar-refractivity contribution in [3.05, 3.63) is 66.0 Å². The van der Waals surface area contributed by atoms with Crippen molar-refractivity contribution in [3.8, 4) is 11.4 Å². The van der Waals surface area contributed by atoms with Gasteiger partial charge in [0.05, 0.1) is 0 Å². The van der Waals surface area contributed by atoms with Gasteiger partial charge in [-0.15, -0.1) is 12.4 Å². The van der Waals surface area contributed by atoms with Crippen LogP contribution < -0.4 is 11.1 Å². The van der Waals surface area contributed by atoms with Gasteiger partial charge in [0.15, 0.2) is 5.82 Å². The summed E-state index contributed by atoms with van der Waals surface area (Å²) in [6.07, 6.45) is 0.216. The van der Waals surface area contributed by atoms with Crippen LogP contribution in [-0.4, -0.2) is 21.1 Å². The maximum atomic E-state index is 12.2. The van der Waals surface area contributed by atoms with Crippen LogP contribution in [0.5, 0.6) is 0 Å². The maximum Gasteiger partial charge on any atom is 0.226 e. The molecule has 130 valence electrons. The predicted octanol–water partition coefficient (Wildman–Crippen LogP) is 3.23. The topological polar surface area (TPSA) is 96.7 Å². The highest BCUT2D eigenvalue weighted by molar-refractivity contribution is 5.91. The highest BCUT2D eigenvalue weighted by Gasteiger charge is 2.12. The lowest BCUT2D eigenvalue weighted by molar-refractivity contribution is -0.116. The molecule has 1 atom stereocenters. The summed E-state index contributed by atoms with van der Waals surface area (Å²) in [5.41, 5.74) is 8.56. The molecule has 25 heavy (non-hydrogen) atoms. The van der Waals surface area contributed by atoms with Crippen molar-refractivity contribution in [2.24, 2.45) is 5.73 Å². The molecular weight excluding hydrogens is 338 g/mol. The van der Waals surface area contributed by atoms with Crippen LogP contribution in [0.4, 0.5) is 5.69 Å². The molecule has 6 nitrogen and oxygen atoms in total. The highest BCUT2D eigenvalue weighted by Crippen LogP contribution is 2.20. The standard InChI is InChI=1S/C18H19N5O.ClH/c1-12-20-18(23-22-12)14-8-5-9-15(10-14)21-17(24)11-16(19)13-6-3-2-4-7-13;/h2-10,16H,11,19H2,1H3,(H,21,24)(H,20,22,23);1H. The molecule has 1 amide bonds. The molecule has 4 N–H and O–H groups in total. The summed E-state index contributed by atoms with van der Waals surface area (Å²) in [4.78, 5) is 16.5. The monoisotopic (exact) mass is 357 g/mol. The van der Waals surface area contributed by atoms with E-state index in [9.17, 15) is 4.79 Å². The number of nitrogens with one attached hydrogen (secondary N) is 2. The third kappa shape index (κ3) is 4.89. The lowest BCUT2D eigenvalue weighted by Gasteiger charge is -2.12. The number of aryl methyl sites for hydroxylation is 1. The van der Waals surface area contributed by atoms with Crippen LogP contribution in [0.15, 0.2) is 54.6 Å². The van der Waals surface area contributed by atoms with Crippen LogP contribution in [0.3, 0.4) is 0 Å². The van der Waals surface area contributed by atoms with Crippen molar-refractivity contribution in [2.75, 3.05) is 5.32 Å². The second-order valence-electron chi connectivity index (χ2n) is 5.59. The van der Waals surface area contributed by atoms with E-state index in [4.69, 9.17) is 5.73 Å². The third-order valence-electron chi connectivity index (χ3n) is 3.63. The molecule has 0 bridgehead atoms. The number of hydrogen-bond donors (Lipinski definition) is 3. The summed E-state index contributed by atoms with van der Waals surface area (Å²) in [5, 5.41) is 9.81. The number of halogens is 1. The molecule has 0 saturated heterocycles. The molecule has 0 saturated carbocycles. The number of hydrogen-bond acceptors (Lipinski definition) is 4. The Kier molecular flexibility index (Phi) is 6.27. The molecule has 0 fully saturated rings. The zero-order chi connectivity index (χ0) is 16.9. The number of carbonyl (C=O) groups is 1. The zero-order valence-electron chi connectivity index (χ0n) is 13.8. The Morgan fingerprint density at radius 2 is 1.96 bits per heavy atom. The zero-order valence-corrected chi connectivity index (χ0v) is 14.6. The molecule has 0 aliphatic carbocycles. The first-order valence-corrected chi connectivity index (χ1v) is 7.71. The number of nitrogens with zero attached hydrogens (tertiary/aromatic N) is 2. The largest absolute Gasteiger partial charge is 0.326 e. The normalized spacial score (nSPS) is 11.4. The molecule has 0 spiro atoms. The summed E-state index contributed by atoms with van der Waals surface area (Å²) < 4.78 is 0. The number of nitrogens with two attached hydrogens (primary N) is 1. The first kappa shape index (κ1) is 18.6. The Hall–Kier alpha value is -2.70. The van der Waals surface area contributed by atoms with Gasteiger partial charge in [0, 0.05) is 23.7 Å². The fourth-order valence-electron chi connectivity index (χ4n) is 2.44. The van der Waals surface area contributed by atoms with E-state index in [1.807, 2.05) is 61.5 Å². The van der Waals surface area contributed by atoms with E-state index in [0.717, 1.165) is 17.0 Å². The summed E-state index contributed by atoms with van der Waals surface area (Å²) in [7, 11) is 0. The Bertz CT molecular complexity index is 834. The lowest BCUT2D eigenvalue weighted by atomic mass is 10.0.